The summed E-state index contributed by atoms with van der Waals surface area (Å²) >= 11 is 0. The van der Waals surface area contributed by atoms with Gasteiger partial charge in [0.1, 0.15) is 17.8 Å². The number of rotatable bonds is 9. The van der Waals surface area contributed by atoms with Gasteiger partial charge in [0.15, 0.2) is 0 Å². The molecule has 2 saturated heterocycles. The van der Waals surface area contributed by atoms with Gasteiger partial charge in [0, 0.05) is 31.8 Å². The number of hydrogen-bond donors (Lipinski definition) is 2. The highest BCUT2D eigenvalue weighted by atomic mass is 16.7. The van der Waals surface area contributed by atoms with Gasteiger partial charge >= 0.3 is 12.7 Å². The zero-order valence-corrected chi connectivity index (χ0v) is 23.0. The molecule has 4 rings (SSSR count). The number of nitrogens with one attached hydrogen (secondary N) is 2. The highest BCUT2D eigenvalue weighted by Crippen LogP contribution is 2.46. The summed E-state index contributed by atoms with van der Waals surface area (Å²) in [6, 6.07) is 8.12. The quantitative estimate of drug-likeness (QED) is 0.483. The molecule has 0 aliphatic carbocycles. The lowest BCUT2D eigenvalue weighted by atomic mass is 9.57. The van der Waals surface area contributed by atoms with E-state index < -0.39 is 30.6 Å². The number of benzene rings is 1. The van der Waals surface area contributed by atoms with Crippen molar-refractivity contribution in [2.24, 2.45) is 5.92 Å². The van der Waals surface area contributed by atoms with E-state index in [0.29, 0.717) is 6.42 Å². The monoisotopic (exact) mass is 523 g/mol. The molecule has 0 radical (unpaired) electrons. The molecule has 10 nitrogen and oxygen atoms in total. The van der Waals surface area contributed by atoms with Crippen molar-refractivity contribution in [3.8, 4) is 0 Å². The second-order valence-electron chi connectivity index (χ2n) is 11.2. The number of likely N-dealkylation sites (N-methyl/N-ethyl adjacent to an activating group) is 1. The zero-order chi connectivity index (χ0) is 27.7. The number of carbonyl (C=O) groups is 3. The predicted molar refractivity (Wildman–Crippen MR) is 142 cm³/mol. The van der Waals surface area contributed by atoms with E-state index in [-0.39, 0.29) is 46.4 Å². The molecule has 2 aliphatic heterocycles. The van der Waals surface area contributed by atoms with Gasteiger partial charge in [0.2, 0.25) is 5.91 Å². The summed E-state index contributed by atoms with van der Waals surface area (Å²) in [6.45, 7) is 7.73. The van der Waals surface area contributed by atoms with Gasteiger partial charge < -0.3 is 24.3 Å². The minimum Gasteiger partial charge on any atom is -0.609 e. The van der Waals surface area contributed by atoms with E-state index >= 15 is 0 Å². The van der Waals surface area contributed by atoms with Crippen molar-refractivity contribution in [2.75, 3.05) is 7.05 Å². The molecule has 0 saturated carbocycles. The molecule has 1 aromatic heterocycles. The van der Waals surface area contributed by atoms with Crippen LogP contribution in [0.15, 0.2) is 48.9 Å². The number of aromatic nitrogens is 2. The van der Waals surface area contributed by atoms with Gasteiger partial charge in [0.05, 0.1) is 18.3 Å². The number of fused-ring (bicyclic) bond motifs is 1. The lowest BCUT2D eigenvalue weighted by molar-refractivity contribution is -0.846. The van der Waals surface area contributed by atoms with Crippen LogP contribution in [0.2, 0.25) is 0 Å². The standard InChI is InChI=1S/C27H38BN5O5/c1-17(2)14-24(28-33(6,18(3)20(5)37-28)19(4)27(36)38-28)32-25(34)22(15-21-10-8-7-9-11-21)31-26(35)23-16-29-12-13-30-23/h7-13,16-20,22,24H,14-15H2,1-6H3,(H,31,35)(H,32,34)/t18-,19+,20-,22+,24+,28?,33?/m1/s1. The summed E-state index contributed by atoms with van der Waals surface area (Å²) in [6.07, 6.45) is 4.89. The summed E-state index contributed by atoms with van der Waals surface area (Å²) in [5, 5.41) is 5.99. The molecule has 2 amide bonds. The van der Waals surface area contributed by atoms with Gasteiger partial charge in [-0.15, -0.1) is 0 Å². The third-order valence-corrected chi connectivity index (χ3v) is 8.46. The highest BCUT2D eigenvalue weighted by molar-refractivity contribution is 6.65. The van der Waals surface area contributed by atoms with Crippen LogP contribution in [0.3, 0.4) is 0 Å². The Bertz CT molecular complexity index is 1170. The first-order valence-corrected chi connectivity index (χ1v) is 13.3. The number of amides is 2. The molecule has 0 bridgehead atoms. The van der Waals surface area contributed by atoms with Gasteiger partial charge in [-0.3, -0.25) is 14.6 Å². The van der Waals surface area contributed by atoms with E-state index in [0.717, 1.165) is 5.56 Å². The molecule has 3 heterocycles. The first kappa shape index (κ1) is 27.7. The van der Waals surface area contributed by atoms with Gasteiger partial charge in [-0.2, -0.15) is 0 Å². The van der Waals surface area contributed by atoms with E-state index in [2.05, 4.69) is 41.4 Å². The minimum absolute atomic E-state index is 0.0144. The Morgan fingerprint density at radius 1 is 1.11 bits per heavy atom. The van der Waals surface area contributed by atoms with Crippen LogP contribution in [-0.4, -0.2) is 76.1 Å². The molecule has 11 heteroatoms. The molecule has 2 fully saturated rings. The zero-order valence-electron chi connectivity index (χ0n) is 23.0. The van der Waals surface area contributed by atoms with Crippen LogP contribution in [-0.2, 0) is 25.3 Å². The van der Waals surface area contributed by atoms with Gasteiger partial charge in [0.25, 0.3) is 5.91 Å². The normalized spacial score (nSPS) is 29.9. The van der Waals surface area contributed by atoms with Crippen molar-refractivity contribution >= 4 is 24.5 Å². The number of quaternary nitrogens is 1. The molecule has 2 aromatic rings. The Morgan fingerprint density at radius 2 is 1.82 bits per heavy atom. The lowest BCUT2D eigenvalue weighted by Gasteiger charge is -2.51. The van der Waals surface area contributed by atoms with Crippen molar-refractivity contribution in [1.82, 2.24) is 20.6 Å². The molecule has 38 heavy (non-hydrogen) atoms. The number of hydrogen-bond acceptors (Lipinski definition) is 7. The Hall–Kier alpha value is -3.31. The van der Waals surface area contributed by atoms with Crippen LogP contribution in [0, 0.1) is 5.92 Å². The summed E-state index contributed by atoms with van der Waals surface area (Å²) in [5.41, 5.74) is 1.00. The van der Waals surface area contributed by atoms with Gasteiger partial charge in [-0.25, -0.2) is 9.78 Å². The maximum Gasteiger partial charge on any atom is 0.550 e. The third kappa shape index (κ3) is 4.92. The molecular formula is C27H38BN5O5. The maximum absolute atomic E-state index is 13.9. The van der Waals surface area contributed by atoms with E-state index in [4.69, 9.17) is 9.31 Å². The fourth-order valence-electron chi connectivity index (χ4n) is 6.03. The lowest BCUT2D eigenvalue weighted by Crippen LogP contribution is -2.74. The van der Waals surface area contributed by atoms with Crippen LogP contribution in [0.4, 0.5) is 0 Å². The van der Waals surface area contributed by atoms with Crippen molar-refractivity contribution in [3.63, 3.8) is 0 Å². The second kappa shape index (κ2) is 10.8. The Labute approximate surface area is 224 Å². The molecule has 7 atom stereocenters. The van der Waals surface area contributed by atoms with Crippen LogP contribution in [0.1, 0.15) is 57.1 Å². The van der Waals surface area contributed by atoms with Crippen molar-refractivity contribution in [3.05, 3.63) is 60.2 Å². The summed E-state index contributed by atoms with van der Waals surface area (Å²) in [4.78, 5) is 47.9. The Morgan fingerprint density at radius 3 is 2.45 bits per heavy atom. The number of carbonyl (C=O) groups excluding carboxylic acids is 3. The molecule has 2 aliphatic rings. The van der Waals surface area contributed by atoms with E-state index in [1.54, 1.807) is 0 Å². The maximum atomic E-state index is 13.9. The molecule has 0 spiro atoms. The first-order valence-electron chi connectivity index (χ1n) is 13.3. The van der Waals surface area contributed by atoms with Crippen molar-refractivity contribution in [1.29, 1.82) is 0 Å². The van der Waals surface area contributed by atoms with E-state index in [9.17, 15) is 14.4 Å². The SMILES string of the molecule is CC(C)C[C@H](NC(=O)[C@H](Cc1ccccc1)NC(=O)c1cnccn1)[B-]12OC(=O)[C@H](C)[N+]1(C)[C@H](C)[C@@H](C)O2. The average molecular weight is 523 g/mol. The van der Waals surface area contributed by atoms with E-state index in [1.807, 2.05) is 51.2 Å². The number of nitrogens with zero attached hydrogens (tertiary/aromatic N) is 3. The molecule has 204 valence electrons. The Balaban J connectivity index is 1.66. The van der Waals surface area contributed by atoms with Gasteiger partial charge in [-0.05, 0) is 32.3 Å². The first-order chi connectivity index (χ1) is 18.0. The van der Waals surface area contributed by atoms with Crippen molar-refractivity contribution in [2.45, 2.75) is 77.6 Å². The molecular weight excluding hydrogens is 485 g/mol. The van der Waals surface area contributed by atoms with Crippen molar-refractivity contribution < 1.29 is 28.1 Å². The average Bonchev–Trinajstić information content (AvgIpc) is 3.21. The largest absolute Gasteiger partial charge is 0.609 e. The van der Waals surface area contributed by atoms with Gasteiger partial charge in [-0.1, -0.05) is 50.6 Å². The fraction of sp³-hybridized carbons (Fsp3) is 0.519. The van der Waals surface area contributed by atoms with E-state index in [1.165, 1.54) is 18.6 Å². The minimum atomic E-state index is -2.26. The topological polar surface area (TPSA) is 120 Å². The third-order valence-electron chi connectivity index (χ3n) is 8.46. The van der Waals surface area contributed by atoms with Crippen LogP contribution in [0.25, 0.3) is 0 Å². The summed E-state index contributed by atoms with van der Waals surface area (Å²) in [5.74, 6) is -1.62. The van der Waals surface area contributed by atoms with Crippen LogP contribution in [0.5, 0.6) is 0 Å². The van der Waals surface area contributed by atoms with Crippen LogP contribution < -0.4 is 10.6 Å². The molecule has 1 aromatic carbocycles. The predicted octanol–water partition coefficient (Wildman–Crippen LogP) is 2.03. The summed E-state index contributed by atoms with van der Waals surface area (Å²) in [7, 11) is 1.99. The smallest absolute Gasteiger partial charge is 0.550 e. The molecule has 2 N–H and O–H groups in total. The molecule has 2 unspecified atom stereocenters. The second-order valence-corrected chi connectivity index (χ2v) is 11.2. The highest BCUT2D eigenvalue weighted by Gasteiger charge is 2.72. The van der Waals surface area contributed by atoms with Crippen LogP contribution >= 0.6 is 0 Å². The Kier molecular flexibility index (Phi) is 7.89. The fourth-order valence-corrected chi connectivity index (χ4v) is 6.03. The summed E-state index contributed by atoms with van der Waals surface area (Å²) < 4.78 is 12.9.